The van der Waals surface area contributed by atoms with Gasteiger partial charge in [0.05, 0.1) is 6.54 Å². The average molecular weight is 403 g/mol. The fraction of sp³-hybridized carbons (Fsp3) is 0.318. The Labute approximate surface area is 172 Å². The highest BCUT2D eigenvalue weighted by Gasteiger charge is 2.44. The molecule has 0 aliphatic carbocycles. The highest BCUT2D eigenvalue weighted by atomic mass is 16.2. The number of aryl methyl sites for hydroxylation is 1. The first-order chi connectivity index (χ1) is 14.5. The van der Waals surface area contributed by atoms with Crippen molar-refractivity contribution >= 4 is 5.91 Å². The third kappa shape index (κ3) is 3.04. The predicted molar refractivity (Wildman–Crippen MR) is 109 cm³/mol. The molecular weight excluding hydrogens is 382 g/mol. The smallest absolute Gasteiger partial charge is 0.332 e. The molecule has 0 saturated carbocycles. The van der Waals surface area contributed by atoms with Gasteiger partial charge in [0, 0.05) is 49.4 Å². The van der Waals surface area contributed by atoms with Crippen molar-refractivity contribution in [1.29, 1.82) is 0 Å². The number of fused-ring (bicyclic) bond motifs is 3. The second-order valence-electron chi connectivity index (χ2n) is 8.03. The first-order valence-electron chi connectivity index (χ1n) is 9.98. The molecule has 152 valence electrons. The summed E-state index contributed by atoms with van der Waals surface area (Å²) >= 11 is 0. The van der Waals surface area contributed by atoms with Crippen LogP contribution in [-0.4, -0.2) is 43.2 Å². The van der Waals surface area contributed by atoms with Crippen LogP contribution >= 0.6 is 0 Å². The van der Waals surface area contributed by atoms with Gasteiger partial charge in [-0.15, -0.1) is 0 Å². The summed E-state index contributed by atoms with van der Waals surface area (Å²) in [6, 6.07) is 11.2. The first-order valence-corrected chi connectivity index (χ1v) is 9.98. The van der Waals surface area contributed by atoms with Gasteiger partial charge < -0.3 is 4.90 Å². The highest BCUT2D eigenvalue weighted by molar-refractivity contribution is 5.94. The zero-order valence-electron chi connectivity index (χ0n) is 16.6. The Hall–Kier alpha value is -3.55. The third-order valence-electron chi connectivity index (χ3n) is 6.02. The van der Waals surface area contributed by atoms with Gasteiger partial charge in [0.25, 0.3) is 5.91 Å². The molecule has 2 aliphatic heterocycles. The van der Waals surface area contributed by atoms with Crippen LogP contribution in [0, 0.1) is 12.8 Å². The summed E-state index contributed by atoms with van der Waals surface area (Å²) in [5, 5.41) is 4.56. The normalized spacial score (nSPS) is 19.6. The number of carbonyl (C=O) groups is 1. The molecular formula is C22H21N5O3. The van der Waals surface area contributed by atoms with Gasteiger partial charge in [0.15, 0.2) is 0 Å². The van der Waals surface area contributed by atoms with Crippen molar-refractivity contribution in [2.24, 2.45) is 5.92 Å². The number of rotatable bonds is 3. The molecule has 2 aliphatic rings. The Morgan fingerprint density at radius 2 is 1.73 bits per heavy atom. The number of amides is 1. The standard InChI is InChI=1S/C22H21N5O3/c1-14-2-4-15(5-3-14)10-27-22(30)21(29)26-12-17-11-25(13-18(17)19(26)24-27)20(28)16-6-8-23-9-7-16/h2-9,17-18H,10-13H2,1H3/t17-,18+/m1/s1. The van der Waals surface area contributed by atoms with Crippen LogP contribution < -0.4 is 11.1 Å². The molecule has 0 bridgehead atoms. The summed E-state index contributed by atoms with van der Waals surface area (Å²) in [7, 11) is 0. The van der Waals surface area contributed by atoms with Crippen LogP contribution in [0.5, 0.6) is 0 Å². The van der Waals surface area contributed by atoms with E-state index in [1.807, 2.05) is 31.2 Å². The van der Waals surface area contributed by atoms with Gasteiger partial charge in [-0.2, -0.15) is 5.10 Å². The second-order valence-corrected chi connectivity index (χ2v) is 8.03. The van der Waals surface area contributed by atoms with Crippen molar-refractivity contribution in [1.82, 2.24) is 24.2 Å². The SMILES string of the molecule is Cc1ccc(Cn2nc3n(c(=O)c2=O)C[C@H]2CN(C(=O)c4ccncc4)C[C@H]32)cc1. The lowest BCUT2D eigenvalue weighted by Crippen LogP contribution is -2.44. The van der Waals surface area contributed by atoms with Gasteiger partial charge in [0.1, 0.15) is 5.82 Å². The van der Waals surface area contributed by atoms with Crippen molar-refractivity contribution in [2.75, 3.05) is 13.1 Å². The number of carbonyl (C=O) groups excluding carboxylic acids is 1. The van der Waals surface area contributed by atoms with Crippen LogP contribution in [0.25, 0.3) is 0 Å². The number of pyridine rings is 1. The van der Waals surface area contributed by atoms with Crippen molar-refractivity contribution < 1.29 is 4.79 Å². The molecule has 2 atom stereocenters. The maximum atomic E-state index is 12.8. The molecule has 1 fully saturated rings. The number of aromatic nitrogens is 4. The monoisotopic (exact) mass is 403 g/mol. The summed E-state index contributed by atoms with van der Waals surface area (Å²) in [4.78, 5) is 43.8. The van der Waals surface area contributed by atoms with E-state index < -0.39 is 11.1 Å². The van der Waals surface area contributed by atoms with Crippen LogP contribution in [0.3, 0.4) is 0 Å². The number of hydrogen-bond donors (Lipinski definition) is 0. The van der Waals surface area contributed by atoms with E-state index in [4.69, 9.17) is 0 Å². The molecule has 4 heterocycles. The predicted octanol–water partition coefficient (Wildman–Crippen LogP) is 1.03. The van der Waals surface area contributed by atoms with Gasteiger partial charge in [-0.1, -0.05) is 29.8 Å². The van der Waals surface area contributed by atoms with Gasteiger partial charge in [0.2, 0.25) is 0 Å². The van der Waals surface area contributed by atoms with Crippen LogP contribution in [0.15, 0.2) is 58.4 Å². The van der Waals surface area contributed by atoms with E-state index in [2.05, 4.69) is 10.1 Å². The van der Waals surface area contributed by atoms with Crippen molar-refractivity contribution in [2.45, 2.75) is 25.9 Å². The van der Waals surface area contributed by atoms with Gasteiger partial charge in [-0.3, -0.25) is 23.9 Å². The molecule has 5 rings (SSSR count). The van der Waals surface area contributed by atoms with Crippen LogP contribution in [-0.2, 0) is 13.1 Å². The molecule has 0 radical (unpaired) electrons. The first kappa shape index (κ1) is 18.5. The average Bonchev–Trinajstić information content (AvgIpc) is 3.32. The summed E-state index contributed by atoms with van der Waals surface area (Å²) in [6.45, 7) is 3.70. The lowest BCUT2D eigenvalue weighted by molar-refractivity contribution is 0.0782. The minimum atomic E-state index is -0.607. The molecule has 1 saturated heterocycles. The van der Waals surface area contributed by atoms with E-state index in [1.54, 1.807) is 29.4 Å². The maximum absolute atomic E-state index is 12.8. The largest absolute Gasteiger partial charge is 0.338 e. The van der Waals surface area contributed by atoms with E-state index in [0.29, 0.717) is 31.0 Å². The van der Waals surface area contributed by atoms with Crippen molar-refractivity contribution in [3.05, 3.63) is 92.0 Å². The van der Waals surface area contributed by atoms with Crippen LogP contribution in [0.4, 0.5) is 0 Å². The minimum Gasteiger partial charge on any atom is -0.338 e. The van der Waals surface area contributed by atoms with E-state index in [-0.39, 0.29) is 24.3 Å². The number of hydrogen-bond acceptors (Lipinski definition) is 5. The number of nitrogens with zero attached hydrogens (tertiary/aromatic N) is 5. The fourth-order valence-electron chi connectivity index (χ4n) is 4.40. The van der Waals surface area contributed by atoms with Gasteiger partial charge >= 0.3 is 11.1 Å². The lowest BCUT2D eigenvalue weighted by Gasteiger charge is -2.18. The quantitative estimate of drug-likeness (QED) is 0.609. The minimum absolute atomic E-state index is 0.0475. The molecule has 0 spiro atoms. The molecule has 1 amide bonds. The van der Waals surface area contributed by atoms with Crippen molar-refractivity contribution in [3.63, 3.8) is 0 Å². The zero-order chi connectivity index (χ0) is 20.8. The Morgan fingerprint density at radius 3 is 2.47 bits per heavy atom. The Balaban J connectivity index is 1.44. The summed E-state index contributed by atoms with van der Waals surface area (Å²) < 4.78 is 2.76. The molecule has 30 heavy (non-hydrogen) atoms. The molecule has 2 aromatic heterocycles. The fourth-order valence-corrected chi connectivity index (χ4v) is 4.40. The topological polar surface area (TPSA) is 90.1 Å². The van der Waals surface area contributed by atoms with Crippen molar-refractivity contribution in [3.8, 4) is 0 Å². The summed E-state index contributed by atoms with van der Waals surface area (Å²) in [5.41, 5.74) is 1.49. The number of benzene rings is 1. The highest BCUT2D eigenvalue weighted by Crippen LogP contribution is 2.37. The molecule has 3 aromatic rings. The number of likely N-dealkylation sites (tertiary alicyclic amines) is 1. The molecule has 0 unspecified atom stereocenters. The maximum Gasteiger partial charge on any atom is 0.332 e. The van der Waals surface area contributed by atoms with E-state index >= 15 is 0 Å². The van der Waals surface area contributed by atoms with E-state index in [9.17, 15) is 14.4 Å². The van der Waals surface area contributed by atoms with E-state index in [1.165, 1.54) is 9.25 Å². The van der Waals surface area contributed by atoms with Gasteiger partial charge in [-0.25, -0.2) is 4.68 Å². The van der Waals surface area contributed by atoms with Crippen LogP contribution in [0.2, 0.25) is 0 Å². The Bertz CT molecular complexity index is 1230. The molecule has 1 aromatic carbocycles. The van der Waals surface area contributed by atoms with Gasteiger partial charge in [-0.05, 0) is 24.6 Å². The Morgan fingerprint density at radius 1 is 1.00 bits per heavy atom. The second kappa shape index (κ2) is 7.05. The Kier molecular flexibility index (Phi) is 4.34. The summed E-state index contributed by atoms with van der Waals surface area (Å²) in [6.07, 6.45) is 3.20. The third-order valence-corrected chi connectivity index (χ3v) is 6.02. The molecule has 0 N–H and O–H groups in total. The summed E-state index contributed by atoms with van der Waals surface area (Å²) in [5.74, 6) is 0.592. The lowest BCUT2D eigenvalue weighted by atomic mass is 10.00. The molecule has 8 heteroatoms. The van der Waals surface area contributed by atoms with E-state index in [0.717, 1.165) is 11.1 Å². The van der Waals surface area contributed by atoms with Crippen LogP contribution in [0.1, 0.15) is 33.2 Å². The molecule has 8 nitrogen and oxygen atoms in total. The zero-order valence-corrected chi connectivity index (χ0v) is 16.6.